The maximum absolute atomic E-state index is 13.9. The van der Waals surface area contributed by atoms with E-state index in [9.17, 15) is 9.50 Å². The first kappa shape index (κ1) is 15.5. The molecule has 0 amide bonds. The molecule has 0 heterocycles. The van der Waals surface area contributed by atoms with Gasteiger partial charge >= 0.3 is 0 Å². The molecule has 2 aromatic carbocycles. The van der Waals surface area contributed by atoms with E-state index < -0.39 is 11.9 Å². The van der Waals surface area contributed by atoms with Crippen LogP contribution in [0.4, 0.5) is 4.39 Å². The van der Waals surface area contributed by atoms with E-state index in [4.69, 9.17) is 4.74 Å². The number of aliphatic hydroxyl groups is 1. The second-order valence-electron chi connectivity index (χ2n) is 6.21. The van der Waals surface area contributed by atoms with Gasteiger partial charge in [-0.2, -0.15) is 0 Å². The Kier molecular flexibility index (Phi) is 4.33. The average molecular weight is 288 g/mol. The van der Waals surface area contributed by atoms with Gasteiger partial charge in [0.05, 0.1) is 6.10 Å². The first-order valence-corrected chi connectivity index (χ1v) is 7.04. The highest BCUT2D eigenvalue weighted by Gasteiger charge is 2.16. The van der Waals surface area contributed by atoms with Crippen molar-refractivity contribution in [3.8, 4) is 11.5 Å². The van der Waals surface area contributed by atoms with Gasteiger partial charge < -0.3 is 9.84 Å². The highest BCUT2D eigenvalue weighted by atomic mass is 19.1. The number of ether oxygens (including phenoxy) is 1. The Morgan fingerprint density at radius 1 is 1.05 bits per heavy atom. The van der Waals surface area contributed by atoms with Crippen molar-refractivity contribution in [3.05, 3.63) is 59.4 Å². The predicted molar refractivity (Wildman–Crippen MR) is 82.2 cm³/mol. The number of rotatable bonds is 3. The molecule has 21 heavy (non-hydrogen) atoms. The minimum Gasteiger partial charge on any atom is -0.454 e. The summed E-state index contributed by atoms with van der Waals surface area (Å²) in [5.74, 6) is 0.152. The molecular weight excluding hydrogens is 267 g/mol. The summed E-state index contributed by atoms with van der Waals surface area (Å²) in [4.78, 5) is 0. The monoisotopic (exact) mass is 288 g/mol. The van der Waals surface area contributed by atoms with Gasteiger partial charge in [-0.25, -0.2) is 4.39 Å². The van der Waals surface area contributed by atoms with Crippen molar-refractivity contribution < 1.29 is 14.2 Å². The Morgan fingerprint density at radius 3 is 2.19 bits per heavy atom. The Balaban J connectivity index is 2.31. The van der Waals surface area contributed by atoms with Crippen LogP contribution >= 0.6 is 0 Å². The highest BCUT2D eigenvalue weighted by molar-refractivity contribution is 5.41. The van der Waals surface area contributed by atoms with Crippen LogP contribution in [0.1, 0.15) is 44.9 Å². The molecule has 2 aromatic rings. The Morgan fingerprint density at radius 2 is 1.67 bits per heavy atom. The van der Waals surface area contributed by atoms with E-state index in [0.717, 1.165) is 0 Å². The van der Waals surface area contributed by atoms with Crippen LogP contribution in [0, 0.1) is 5.82 Å². The summed E-state index contributed by atoms with van der Waals surface area (Å²) in [6.45, 7) is 7.98. The van der Waals surface area contributed by atoms with Crippen LogP contribution in [0.3, 0.4) is 0 Å². The van der Waals surface area contributed by atoms with Gasteiger partial charge in [0.15, 0.2) is 11.6 Å². The van der Waals surface area contributed by atoms with Gasteiger partial charge in [0.25, 0.3) is 0 Å². The summed E-state index contributed by atoms with van der Waals surface area (Å²) < 4.78 is 19.6. The lowest BCUT2D eigenvalue weighted by atomic mass is 9.87. The molecule has 0 aliphatic heterocycles. The smallest absolute Gasteiger partial charge is 0.168 e. The summed E-state index contributed by atoms with van der Waals surface area (Å²) in [6, 6.07) is 12.1. The van der Waals surface area contributed by atoms with Crippen LogP contribution in [0.15, 0.2) is 42.5 Å². The van der Waals surface area contributed by atoms with E-state index in [0.29, 0.717) is 11.3 Å². The lowest BCUT2D eigenvalue weighted by molar-refractivity contribution is 0.194. The molecule has 0 aliphatic rings. The molecule has 0 aromatic heterocycles. The predicted octanol–water partition coefficient (Wildman–Crippen LogP) is 4.97. The number of halogens is 1. The van der Waals surface area contributed by atoms with Gasteiger partial charge in [0.2, 0.25) is 0 Å². The lowest BCUT2D eigenvalue weighted by Gasteiger charge is -2.19. The molecule has 3 heteroatoms. The number of benzene rings is 2. The van der Waals surface area contributed by atoms with E-state index in [2.05, 4.69) is 20.8 Å². The zero-order valence-electron chi connectivity index (χ0n) is 12.9. The van der Waals surface area contributed by atoms with Crippen molar-refractivity contribution in [2.45, 2.75) is 39.2 Å². The topological polar surface area (TPSA) is 29.5 Å². The molecule has 1 N–H and O–H groups in total. The molecule has 0 saturated carbocycles. The van der Waals surface area contributed by atoms with Gasteiger partial charge in [0.1, 0.15) is 5.75 Å². The highest BCUT2D eigenvalue weighted by Crippen LogP contribution is 2.33. The molecule has 112 valence electrons. The zero-order chi connectivity index (χ0) is 15.6. The summed E-state index contributed by atoms with van der Waals surface area (Å²) in [7, 11) is 0. The van der Waals surface area contributed by atoms with E-state index >= 15 is 0 Å². The maximum atomic E-state index is 13.9. The normalized spacial score (nSPS) is 13.0. The number of hydrogen-bond donors (Lipinski definition) is 1. The molecule has 0 bridgehead atoms. The number of aliphatic hydroxyl groups excluding tert-OH is 1. The largest absolute Gasteiger partial charge is 0.454 e. The molecule has 1 atom stereocenters. The minimum absolute atomic E-state index is 0.0568. The van der Waals surface area contributed by atoms with Crippen LogP contribution in [0.5, 0.6) is 11.5 Å². The van der Waals surface area contributed by atoms with Crippen molar-refractivity contribution in [3.63, 3.8) is 0 Å². The molecule has 0 aliphatic carbocycles. The Bertz CT molecular complexity index is 610. The van der Waals surface area contributed by atoms with Gasteiger partial charge in [-0.15, -0.1) is 0 Å². The summed E-state index contributed by atoms with van der Waals surface area (Å²) in [6.07, 6.45) is -0.787. The number of hydrogen-bond acceptors (Lipinski definition) is 2. The van der Waals surface area contributed by atoms with Crippen LogP contribution in [0.2, 0.25) is 0 Å². The number of para-hydroxylation sites is 1. The van der Waals surface area contributed by atoms with E-state index in [1.807, 2.05) is 24.3 Å². The maximum Gasteiger partial charge on any atom is 0.168 e. The van der Waals surface area contributed by atoms with Gasteiger partial charge in [-0.05, 0) is 36.1 Å². The standard InChI is InChI=1S/C18H21FO2/c1-12(20)15-6-5-7-16(19)17(15)21-14-10-8-13(9-11-14)18(2,3)4/h5-12,20H,1-4H3/t12-/m0/s1. The third-order valence-corrected chi connectivity index (χ3v) is 3.39. The summed E-state index contributed by atoms with van der Waals surface area (Å²) in [5.41, 5.74) is 1.68. The van der Waals surface area contributed by atoms with Crippen molar-refractivity contribution in [1.29, 1.82) is 0 Å². The van der Waals surface area contributed by atoms with Gasteiger partial charge in [-0.3, -0.25) is 0 Å². The van der Waals surface area contributed by atoms with Crippen LogP contribution < -0.4 is 4.74 Å². The fourth-order valence-corrected chi connectivity index (χ4v) is 2.10. The van der Waals surface area contributed by atoms with E-state index in [1.165, 1.54) is 11.6 Å². The van der Waals surface area contributed by atoms with Gasteiger partial charge in [0, 0.05) is 5.56 Å². The van der Waals surface area contributed by atoms with Crippen LogP contribution in [-0.2, 0) is 5.41 Å². The fourth-order valence-electron chi connectivity index (χ4n) is 2.10. The SMILES string of the molecule is C[C@H](O)c1cccc(F)c1Oc1ccc(C(C)(C)C)cc1. The first-order valence-electron chi connectivity index (χ1n) is 7.04. The second-order valence-corrected chi connectivity index (χ2v) is 6.21. The molecule has 0 spiro atoms. The van der Waals surface area contributed by atoms with Gasteiger partial charge in [-0.1, -0.05) is 45.0 Å². The Labute approximate surface area is 125 Å². The summed E-state index contributed by atoms with van der Waals surface area (Å²) in [5, 5.41) is 9.71. The van der Waals surface area contributed by atoms with E-state index in [-0.39, 0.29) is 11.2 Å². The second kappa shape index (κ2) is 5.86. The molecular formula is C18H21FO2. The average Bonchev–Trinajstić information content (AvgIpc) is 2.40. The van der Waals surface area contributed by atoms with E-state index in [1.54, 1.807) is 19.1 Å². The molecule has 0 fully saturated rings. The molecule has 2 nitrogen and oxygen atoms in total. The Hall–Kier alpha value is -1.87. The molecule has 2 rings (SSSR count). The third kappa shape index (κ3) is 3.61. The molecule has 0 radical (unpaired) electrons. The minimum atomic E-state index is -0.787. The van der Waals surface area contributed by atoms with Crippen molar-refractivity contribution in [2.24, 2.45) is 0 Å². The first-order chi connectivity index (χ1) is 9.79. The van der Waals surface area contributed by atoms with Crippen molar-refractivity contribution in [1.82, 2.24) is 0 Å². The molecule has 0 saturated heterocycles. The fraction of sp³-hybridized carbons (Fsp3) is 0.333. The van der Waals surface area contributed by atoms with Crippen LogP contribution in [-0.4, -0.2) is 5.11 Å². The zero-order valence-corrected chi connectivity index (χ0v) is 12.9. The molecule has 0 unspecified atom stereocenters. The third-order valence-electron chi connectivity index (χ3n) is 3.39. The van der Waals surface area contributed by atoms with Crippen molar-refractivity contribution in [2.75, 3.05) is 0 Å². The van der Waals surface area contributed by atoms with Crippen molar-refractivity contribution >= 4 is 0 Å². The van der Waals surface area contributed by atoms with Crippen LogP contribution in [0.25, 0.3) is 0 Å². The summed E-state index contributed by atoms with van der Waals surface area (Å²) >= 11 is 0. The quantitative estimate of drug-likeness (QED) is 0.864. The lowest BCUT2D eigenvalue weighted by Crippen LogP contribution is -2.10.